The molecule has 0 saturated carbocycles. The summed E-state index contributed by atoms with van der Waals surface area (Å²) in [5.74, 6) is 0.600. The molecule has 0 aliphatic heterocycles. The number of benzene rings is 2. The molecule has 0 aromatic heterocycles. The quantitative estimate of drug-likeness (QED) is 0.862. The summed E-state index contributed by atoms with van der Waals surface area (Å²) in [7, 11) is 3.44. The molecule has 104 valence electrons. The lowest BCUT2D eigenvalue weighted by molar-refractivity contribution is 0.103. The van der Waals surface area contributed by atoms with Crippen LogP contribution in [0, 0.1) is 13.8 Å². The number of ketones is 1. The Labute approximate surface area is 119 Å². The van der Waals surface area contributed by atoms with Gasteiger partial charge in [-0.15, -0.1) is 0 Å². The average Bonchev–Trinajstić information content (AvgIpc) is 2.49. The van der Waals surface area contributed by atoms with Crippen molar-refractivity contribution < 1.29 is 9.53 Å². The van der Waals surface area contributed by atoms with Crippen molar-refractivity contribution in [2.75, 3.05) is 19.5 Å². The Balaban J connectivity index is 2.44. The van der Waals surface area contributed by atoms with Gasteiger partial charge >= 0.3 is 0 Å². The molecule has 0 amide bonds. The molecular weight excluding hydrogens is 250 g/mol. The van der Waals surface area contributed by atoms with Crippen LogP contribution >= 0.6 is 0 Å². The number of methoxy groups -OCH3 is 1. The van der Waals surface area contributed by atoms with Crippen LogP contribution in [0.3, 0.4) is 0 Å². The van der Waals surface area contributed by atoms with Crippen LogP contribution in [-0.2, 0) is 0 Å². The minimum Gasteiger partial charge on any atom is -0.496 e. The fraction of sp³-hybridized carbons (Fsp3) is 0.235. The highest BCUT2D eigenvalue weighted by atomic mass is 16.5. The molecule has 2 rings (SSSR count). The van der Waals surface area contributed by atoms with Crippen molar-refractivity contribution in [1.29, 1.82) is 0 Å². The van der Waals surface area contributed by atoms with Crippen LogP contribution in [0.15, 0.2) is 36.4 Å². The third-order valence-electron chi connectivity index (χ3n) is 3.50. The van der Waals surface area contributed by atoms with E-state index in [2.05, 4.69) is 5.32 Å². The SMILES string of the molecule is CNc1ccc(C(=O)c2cc(C)c(C)cc2OC)cc1. The van der Waals surface area contributed by atoms with Crippen LogP contribution < -0.4 is 10.1 Å². The van der Waals surface area contributed by atoms with E-state index in [0.29, 0.717) is 16.9 Å². The second-order valence-electron chi connectivity index (χ2n) is 4.79. The van der Waals surface area contributed by atoms with Crippen molar-refractivity contribution in [1.82, 2.24) is 0 Å². The summed E-state index contributed by atoms with van der Waals surface area (Å²) in [6, 6.07) is 11.2. The summed E-state index contributed by atoms with van der Waals surface area (Å²) >= 11 is 0. The van der Waals surface area contributed by atoms with Crippen LogP contribution in [0.2, 0.25) is 0 Å². The van der Waals surface area contributed by atoms with Crippen molar-refractivity contribution >= 4 is 11.5 Å². The minimum absolute atomic E-state index is 0.0207. The van der Waals surface area contributed by atoms with E-state index in [1.807, 2.05) is 57.3 Å². The minimum atomic E-state index is -0.0207. The molecule has 0 aliphatic rings. The number of rotatable bonds is 4. The molecule has 2 aromatic carbocycles. The van der Waals surface area contributed by atoms with E-state index in [9.17, 15) is 4.79 Å². The first kappa shape index (κ1) is 14.1. The summed E-state index contributed by atoms with van der Waals surface area (Å²) in [5, 5.41) is 3.04. The molecule has 0 aliphatic carbocycles. The number of nitrogens with one attached hydrogen (secondary N) is 1. The van der Waals surface area contributed by atoms with Gasteiger partial charge in [-0.25, -0.2) is 0 Å². The second kappa shape index (κ2) is 5.78. The van der Waals surface area contributed by atoms with Crippen LogP contribution in [0.5, 0.6) is 5.75 Å². The van der Waals surface area contributed by atoms with Gasteiger partial charge in [-0.2, -0.15) is 0 Å². The van der Waals surface area contributed by atoms with Crippen molar-refractivity contribution in [3.8, 4) is 5.75 Å². The highest BCUT2D eigenvalue weighted by molar-refractivity contribution is 6.11. The smallest absolute Gasteiger partial charge is 0.196 e. The summed E-state index contributed by atoms with van der Waals surface area (Å²) < 4.78 is 5.34. The van der Waals surface area contributed by atoms with Gasteiger partial charge in [-0.3, -0.25) is 4.79 Å². The Kier molecular flexibility index (Phi) is 4.08. The summed E-state index contributed by atoms with van der Waals surface area (Å²) in [6.45, 7) is 4.00. The van der Waals surface area contributed by atoms with Gasteiger partial charge in [0.15, 0.2) is 5.78 Å². The molecule has 0 fully saturated rings. The van der Waals surface area contributed by atoms with Crippen molar-refractivity contribution in [3.63, 3.8) is 0 Å². The van der Waals surface area contributed by atoms with Gasteiger partial charge in [0.2, 0.25) is 0 Å². The third kappa shape index (κ3) is 2.67. The number of aryl methyl sites for hydroxylation is 2. The normalized spacial score (nSPS) is 10.2. The highest BCUT2D eigenvalue weighted by Crippen LogP contribution is 2.26. The topological polar surface area (TPSA) is 38.3 Å². The predicted octanol–water partition coefficient (Wildman–Crippen LogP) is 3.58. The van der Waals surface area contributed by atoms with Crippen LogP contribution in [-0.4, -0.2) is 19.9 Å². The Morgan fingerprint density at radius 1 is 1.05 bits per heavy atom. The van der Waals surface area contributed by atoms with E-state index in [1.165, 1.54) is 0 Å². The van der Waals surface area contributed by atoms with E-state index in [-0.39, 0.29) is 5.78 Å². The zero-order valence-corrected chi connectivity index (χ0v) is 12.3. The van der Waals surface area contributed by atoms with Crippen molar-refractivity contribution in [2.45, 2.75) is 13.8 Å². The molecule has 0 spiro atoms. The number of carbonyl (C=O) groups excluding carboxylic acids is 1. The molecule has 0 radical (unpaired) electrons. The Morgan fingerprint density at radius 2 is 1.65 bits per heavy atom. The summed E-state index contributed by atoms with van der Waals surface area (Å²) in [6.07, 6.45) is 0. The van der Waals surface area contributed by atoms with Gasteiger partial charge < -0.3 is 10.1 Å². The summed E-state index contributed by atoms with van der Waals surface area (Å²) in [4.78, 5) is 12.6. The summed E-state index contributed by atoms with van der Waals surface area (Å²) in [5.41, 5.74) is 4.44. The monoisotopic (exact) mass is 269 g/mol. The van der Waals surface area contributed by atoms with Gasteiger partial charge in [-0.05, 0) is 61.4 Å². The molecule has 0 heterocycles. The van der Waals surface area contributed by atoms with Crippen LogP contribution in [0.4, 0.5) is 5.69 Å². The van der Waals surface area contributed by atoms with Crippen LogP contribution in [0.1, 0.15) is 27.0 Å². The molecule has 0 unspecified atom stereocenters. The maximum absolute atomic E-state index is 12.6. The van der Waals surface area contributed by atoms with E-state index in [0.717, 1.165) is 16.8 Å². The van der Waals surface area contributed by atoms with Gasteiger partial charge in [0.1, 0.15) is 5.75 Å². The molecule has 3 nitrogen and oxygen atoms in total. The fourth-order valence-corrected chi connectivity index (χ4v) is 2.08. The lowest BCUT2D eigenvalue weighted by atomic mass is 9.98. The molecule has 2 aromatic rings. The zero-order chi connectivity index (χ0) is 14.7. The number of anilines is 1. The molecule has 1 N–H and O–H groups in total. The molecule has 3 heteroatoms. The van der Waals surface area contributed by atoms with Crippen molar-refractivity contribution in [3.05, 3.63) is 58.7 Å². The second-order valence-corrected chi connectivity index (χ2v) is 4.79. The number of carbonyl (C=O) groups is 1. The van der Waals surface area contributed by atoms with Gasteiger partial charge in [0.25, 0.3) is 0 Å². The standard InChI is InChI=1S/C17H19NO2/c1-11-9-15(16(20-4)10-12(11)2)17(19)13-5-7-14(18-3)8-6-13/h5-10,18H,1-4H3. The molecule has 0 atom stereocenters. The fourth-order valence-electron chi connectivity index (χ4n) is 2.08. The number of ether oxygens (including phenoxy) is 1. The highest BCUT2D eigenvalue weighted by Gasteiger charge is 2.15. The molecule has 0 saturated heterocycles. The Hall–Kier alpha value is -2.29. The number of hydrogen-bond donors (Lipinski definition) is 1. The third-order valence-corrected chi connectivity index (χ3v) is 3.50. The maximum Gasteiger partial charge on any atom is 0.196 e. The van der Waals surface area contributed by atoms with Gasteiger partial charge in [0.05, 0.1) is 12.7 Å². The molecule has 0 bridgehead atoms. The van der Waals surface area contributed by atoms with E-state index in [4.69, 9.17) is 4.74 Å². The first-order valence-corrected chi connectivity index (χ1v) is 6.54. The van der Waals surface area contributed by atoms with Gasteiger partial charge in [0, 0.05) is 18.3 Å². The molecule has 20 heavy (non-hydrogen) atoms. The first-order valence-electron chi connectivity index (χ1n) is 6.54. The lowest BCUT2D eigenvalue weighted by Crippen LogP contribution is -2.05. The first-order chi connectivity index (χ1) is 9.56. The van der Waals surface area contributed by atoms with E-state index >= 15 is 0 Å². The van der Waals surface area contributed by atoms with Crippen LogP contribution in [0.25, 0.3) is 0 Å². The maximum atomic E-state index is 12.6. The predicted molar refractivity (Wildman–Crippen MR) is 81.9 cm³/mol. The van der Waals surface area contributed by atoms with Gasteiger partial charge in [-0.1, -0.05) is 0 Å². The largest absolute Gasteiger partial charge is 0.496 e. The molecular formula is C17H19NO2. The van der Waals surface area contributed by atoms with E-state index in [1.54, 1.807) is 7.11 Å². The average molecular weight is 269 g/mol. The lowest BCUT2D eigenvalue weighted by Gasteiger charge is -2.11. The Bertz CT molecular complexity index is 630. The number of hydrogen-bond acceptors (Lipinski definition) is 3. The van der Waals surface area contributed by atoms with E-state index < -0.39 is 0 Å². The van der Waals surface area contributed by atoms with Crippen molar-refractivity contribution in [2.24, 2.45) is 0 Å². The Morgan fingerprint density at radius 3 is 2.20 bits per heavy atom. The zero-order valence-electron chi connectivity index (χ0n) is 12.3.